The fourth-order valence-electron chi connectivity index (χ4n) is 1.52. The lowest BCUT2D eigenvalue weighted by molar-refractivity contribution is 0.138. The van der Waals surface area contributed by atoms with Gasteiger partial charge < -0.3 is 4.74 Å². The van der Waals surface area contributed by atoms with E-state index in [0.717, 1.165) is 11.1 Å². The Morgan fingerprint density at radius 3 is 2.67 bits per heavy atom. The van der Waals surface area contributed by atoms with Crippen molar-refractivity contribution >= 4 is 6.09 Å². The van der Waals surface area contributed by atoms with E-state index in [4.69, 9.17) is 4.74 Å². The highest BCUT2D eigenvalue weighted by molar-refractivity contribution is 5.69. The molecule has 0 radical (unpaired) electrons. The van der Waals surface area contributed by atoms with Gasteiger partial charge in [0, 0.05) is 6.20 Å². The van der Waals surface area contributed by atoms with E-state index < -0.39 is 6.09 Å². The fraction of sp³-hybridized carbons (Fsp3) is 0.286. The van der Waals surface area contributed by atoms with Crippen LogP contribution in [0, 0.1) is 0 Å². The number of nitrogens with zero attached hydrogens (tertiary/aromatic N) is 2. The molecule has 0 saturated carbocycles. The second-order valence-corrected chi connectivity index (χ2v) is 4.41. The van der Waals surface area contributed by atoms with Crippen molar-refractivity contribution in [2.75, 3.05) is 0 Å². The number of aromatic nitrogens is 2. The molecule has 0 saturated heterocycles. The molecular weight excluding hydrogens is 228 g/mol. The quantitative estimate of drug-likeness (QED) is 0.832. The Morgan fingerprint density at radius 1 is 1.33 bits per heavy atom. The first-order valence-electron chi connectivity index (χ1n) is 5.92. The molecule has 1 heterocycles. The van der Waals surface area contributed by atoms with Gasteiger partial charge in [-0.2, -0.15) is 9.78 Å². The lowest BCUT2D eigenvalue weighted by Gasteiger charge is -2.04. The molecule has 94 valence electrons. The van der Waals surface area contributed by atoms with Crippen LogP contribution in [-0.4, -0.2) is 15.9 Å². The summed E-state index contributed by atoms with van der Waals surface area (Å²) >= 11 is 0. The maximum atomic E-state index is 11.7. The number of hydrogen-bond donors (Lipinski definition) is 0. The topological polar surface area (TPSA) is 44.1 Å². The SMILES string of the molecule is CC(C)c1cnn(C(=O)OCc2ccccc2)c1. The average Bonchev–Trinajstić information content (AvgIpc) is 2.87. The van der Waals surface area contributed by atoms with Gasteiger partial charge in [-0.15, -0.1) is 0 Å². The molecule has 0 aliphatic carbocycles. The second-order valence-electron chi connectivity index (χ2n) is 4.41. The van der Waals surface area contributed by atoms with Crippen LogP contribution in [0.25, 0.3) is 0 Å². The molecule has 1 aromatic heterocycles. The third kappa shape index (κ3) is 2.97. The molecule has 18 heavy (non-hydrogen) atoms. The monoisotopic (exact) mass is 244 g/mol. The molecule has 0 bridgehead atoms. The largest absolute Gasteiger partial charge is 0.443 e. The molecular formula is C14H16N2O2. The van der Waals surface area contributed by atoms with Crippen LogP contribution < -0.4 is 0 Å². The molecule has 0 atom stereocenters. The third-order valence-corrected chi connectivity index (χ3v) is 2.66. The minimum atomic E-state index is -0.453. The van der Waals surface area contributed by atoms with E-state index in [-0.39, 0.29) is 6.61 Å². The maximum absolute atomic E-state index is 11.7. The first-order chi connectivity index (χ1) is 8.66. The van der Waals surface area contributed by atoms with Crippen molar-refractivity contribution < 1.29 is 9.53 Å². The predicted octanol–water partition coefficient (Wildman–Crippen LogP) is 3.19. The molecule has 4 nitrogen and oxygen atoms in total. The highest BCUT2D eigenvalue weighted by atomic mass is 16.6. The summed E-state index contributed by atoms with van der Waals surface area (Å²) in [5.74, 6) is 0.348. The van der Waals surface area contributed by atoms with E-state index in [2.05, 4.69) is 18.9 Å². The minimum absolute atomic E-state index is 0.260. The standard InChI is InChI=1S/C14H16N2O2/c1-11(2)13-8-15-16(9-13)14(17)18-10-12-6-4-3-5-7-12/h3-9,11H,10H2,1-2H3. The van der Waals surface area contributed by atoms with Crippen LogP contribution in [0.2, 0.25) is 0 Å². The first kappa shape index (κ1) is 12.4. The van der Waals surface area contributed by atoms with Gasteiger partial charge in [0.15, 0.2) is 0 Å². The van der Waals surface area contributed by atoms with Gasteiger partial charge in [-0.05, 0) is 17.0 Å². The van der Waals surface area contributed by atoms with Crippen molar-refractivity contribution in [3.8, 4) is 0 Å². The highest BCUT2D eigenvalue weighted by Crippen LogP contribution is 2.12. The van der Waals surface area contributed by atoms with Crippen molar-refractivity contribution in [3.63, 3.8) is 0 Å². The summed E-state index contributed by atoms with van der Waals surface area (Å²) < 4.78 is 6.40. The van der Waals surface area contributed by atoms with Crippen molar-refractivity contribution in [1.82, 2.24) is 9.78 Å². The minimum Gasteiger partial charge on any atom is -0.443 e. The van der Waals surface area contributed by atoms with Gasteiger partial charge in [-0.3, -0.25) is 0 Å². The maximum Gasteiger partial charge on any atom is 0.435 e. The van der Waals surface area contributed by atoms with E-state index >= 15 is 0 Å². The number of rotatable bonds is 3. The van der Waals surface area contributed by atoms with Crippen LogP contribution in [0.1, 0.15) is 30.9 Å². The van der Waals surface area contributed by atoms with E-state index in [9.17, 15) is 4.79 Å². The summed E-state index contributed by atoms with van der Waals surface area (Å²) in [6.07, 6.45) is 2.94. The number of carbonyl (C=O) groups excluding carboxylic acids is 1. The molecule has 2 rings (SSSR count). The zero-order valence-electron chi connectivity index (χ0n) is 10.5. The number of carbonyl (C=O) groups is 1. The molecule has 0 amide bonds. The molecule has 0 aliphatic heterocycles. The van der Waals surface area contributed by atoms with Gasteiger partial charge in [0.1, 0.15) is 6.61 Å². The Morgan fingerprint density at radius 2 is 2.06 bits per heavy atom. The molecule has 0 unspecified atom stereocenters. The summed E-state index contributed by atoms with van der Waals surface area (Å²) in [7, 11) is 0. The van der Waals surface area contributed by atoms with Crippen LogP contribution in [0.4, 0.5) is 4.79 Å². The summed E-state index contributed by atoms with van der Waals surface area (Å²) in [5.41, 5.74) is 1.98. The van der Waals surface area contributed by atoms with Gasteiger partial charge in [-0.25, -0.2) is 4.79 Å². The Balaban J connectivity index is 1.95. The van der Waals surface area contributed by atoms with Crippen LogP contribution >= 0.6 is 0 Å². The van der Waals surface area contributed by atoms with Gasteiger partial charge in [0.2, 0.25) is 0 Å². The van der Waals surface area contributed by atoms with E-state index in [0.29, 0.717) is 5.92 Å². The van der Waals surface area contributed by atoms with Gasteiger partial charge in [0.25, 0.3) is 0 Å². The van der Waals surface area contributed by atoms with Gasteiger partial charge in [-0.1, -0.05) is 44.2 Å². The van der Waals surface area contributed by atoms with Crippen LogP contribution in [0.3, 0.4) is 0 Å². The summed E-state index contributed by atoms with van der Waals surface area (Å²) in [6, 6.07) is 9.57. The van der Waals surface area contributed by atoms with Crippen molar-refractivity contribution in [2.24, 2.45) is 0 Å². The molecule has 2 aromatic rings. The second kappa shape index (κ2) is 5.49. The average molecular weight is 244 g/mol. The summed E-state index contributed by atoms with van der Waals surface area (Å²) in [6.45, 7) is 4.36. The Hall–Kier alpha value is -2.10. The fourth-order valence-corrected chi connectivity index (χ4v) is 1.52. The van der Waals surface area contributed by atoms with E-state index in [1.807, 2.05) is 30.3 Å². The van der Waals surface area contributed by atoms with Gasteiger partial charge >= 0.3 is 6.09 Å². The molecule has 0 spiro atoms. The number of benzene rings is 1. The van der Waals surface area contributed by atoms with Crippen molar-refractivity contribution in [2.45, 2.75) is 26.4 Å². The predicted molar refractivity (Wildman–Crippen MR) is 68.3 cm³/mol. The smallest absolute Gasteiger partial charge is 0.435 e. The Labute approximate surface area is 106 Å². The zero-order valence-corrected chi connectivity index (χ0v) is 10.5. The zero-order chi connectivity index (χ0) is 13.0. The number of hydrogen-bond acceptors (Lipinski definition) is 3. The van der Waals surface area contributed by atoms with Crippen molar-refractivity contribution in [3.05, 3.63) is 53.9 Å². The molecule has 4 heteroatoms. The summed E-state index contributed by atoms with van der Waals surface area (Å²) in [5, 5.41) is 3.99. The third-order valence-electron chi connectivity index (χ3n) is 2.66. The lowest BCUT2D eigenvalue weighted by atomic mass is 10.1. The summed E-state index contributed by atoms with van der Waals surface area (Å²) in [4.78, 5) is 11.7. The van der Waals surface area contributed by atoms with E-state index in [1.165, 1.54) is 4.68 Å². The highest BCUT2D eigenvalue weighted by Gasteiger charge is 2.10. The first-order valence-corrected chi connectivity index (χ1v) is 5.92. The molecule has 0 fully saturated rings. The van der Waals surface area contributed by atoms with Crippen LogP contribution in [-0.2, 0) is 11.3 Å². The molecule has 0 N–H and O–H groups in total. The number of ether oxygens (including phenoxy) is 1. The van der Waals surface area contributed by atoms with Crippen LogP contribution in [0.15, 0.2) is 42.7 Å². The van der Waals surface area contributed by atoms with Crippen LogP contribution in [0.5, 0.6) is 0 Å². The van der Waals surface area contributed by atoms with Crippen molar-refractivity contribution in [1.29, 1.82) is 0 Å². The Bertz CT molecular complexity index is 518. The van der Waals surface area contributed by atoms with E-state index in [1.54, 1.807) is 12.4 Å². The lowest BCUT2D eigenvalue weighted by Crippen LogP contribution is -2.13. The normalized spacial score (nSPS) is 10.6. The Kier molecular flexibility index (Phi) is 3.77. The molecule has 1 aromatic carbocycles. The van der Waals surface area contributed by atoms with Gasteiger partial charge in [0.05, 0.1) is 6.20 Å². The molecule has 0 aliphatic rings.